The number of carbonyl (C=O) groups excluding carboxylic acids is 1. The Hall–Kier alpha value is -4.26. The highest BCUT2D eigenvalue weighted by Crippen LogP contribution is 2.32. The zero-order valence-corrected chi connectivity index (χ0v) is 22.1. The number of aromatic nitrogens is 2. The number of nitrogens with one attached hydrogen (secondary N) is 2. The molecule has 0 radical (unpaired) electrons. The summed E-state index contributed by atoms with van der Waals surface area (Å²) in [6, 6.07) is 32.9. The number of carbonyl (C=O) groups is 1. The van der Waals surface area contributed by atoms with E-state index in [1.165, 1.54) is 29.2 Å². The van der Waals surface area contributed by atoms with Crippen LogP contribution in [0.1, 0.15) is 51.8 Å². The van der Waals surface area contributed by atoms with Gasteiger partial charge in [0.05, 0.1) is 17.4 Å². The summed E-state index contributed by atoms with van der Waals surface area (Å²) in [5, 5.41) is 13.9. The van der Waals surface area contributed by atoms with Crippen LogP contribution in [0.3, 0.4) is 0 Å². The summed E-state index contributed by atoms with van der Waals surface area (Å²) in [6.07, 6.45) is 2.57. The number of nitrogens with two attached hydrogens (primary N) is 1. The predicted molar refractivity (Wildman–Crippen MR) is 157 cm³/mol. The van der Waals surface area contributed by atoms with Crippen LogP contribution in [0.2, 0.25) is 0 Å². The smallest absolute Gasteiger partial charge is 0.274 e. The zero-order chi connectivity index (χ0) is 26.8. The molecule has 1 aliphatic carbocycles. The van der Waals surface area contributed by atoms with Gasteiger partial charge in [-0.3, -0.25) is 4.79 Å². The maximum absolute atomic E-state index is 13.5. The van der Waals surface area contributed by atoms with Crippen molar-refractivity contribution in [3.63, 3.8) is 0 Å². The van der Waals surface area contributed by atoms with E-state index in [0.29, 0.717) is 12.2 Å². The fourth-order valence-electron chi connectivity index (χ4n) is 5.09. The van der Waals surface area contributed by atoms with Crippen LogP contribution < -0.4 is 16.4 Å². The highest BCUT2D eigenvalue weighted by Gasteiger charge is 2.24. The maximum Gasteiger partial charge on any atom is 0.274 e. The highest BCUT2D eigenvalue weighted by atomic mass is 16.2. The Bertz CT molecular complexity index is 1630. The quantitative estimate of drug-likeness (QED) is 0.220. The van der Waals surface area contributed by atoms with E-state index in [1.807, 2.05) is 49.4 Å². The summed E-state index contributed by atoms with van der Waals surface area (Å²) in [4.78, 5) is 13.5. The lowest BCUT2D eigenvalue weighted by molar-refractivity contribution is 0.101. The minimum absolute atomic E-state index is 0.0267. The number of hydrogen-bond donors (Lipinski definition) is 3. The van der Waals surface area contributed by atoms with E-state index in [9.17, 15) is 4.79 Å². The molecule has 1 saturated carbocycles. The number of aryl methyl sites for hydroxylation is 1. The van der Waals surface area contributed by atoms with Crippen molar-refractivity contribution in [3.8, 4) is 5.69 Å². The van der Waals surface area contributed by atoms with Crippen LogP contribution in [0.25, 0.3) is 16.5 Å². The normalized spacial score (nSPS) is 13.9. The lowest BCUT2D eigenvalue weighted by Gasteiger charge is -2.21. The van der Waals surface area contributed by atoms with Gasteiger partial charge in [-0.25, -0.2) is 4.68 Å². The van der Waals surface area contributed by atoms with Crippen LogP contribution in [0.15, 0.2) is 97.1 Å². The van der Waals surface area contributed by atoms with Crippen LogP contribution in [-0.2, 0) is 6.54 Å². The Morgan fingerprint density at radius 2 is 1.72 bits per heavy atom. The Kier molecular flexibility index (Phi) is 6.97. The summed E-state index contributed by atoms with van der Waals surface area (Å²) in [5.41, 5.74) is 12.0. The second-order valence-corrected chi connectivity index (χ2v) is 10.4. The number of amides is 1. The van der Waals surface area contributed by atoms with E-state index >= 15 is 0 Å². The third-order valence-electron chi connectivity index (χ3n) is 7.35. The van der Waals surface area contributed by atoms with Gasteiger partial charge in [0.2, 0.25) is 0 Å². The minimum Gasteiger partial charge on any atom is -0.326 e. The third-order valence-corrected chi connectivity index (χ3v) is 7.35. The molecule has 1 fully saturated rings. The summed E-state index contributed by atoms with van der Waals surface area (Å²) >= 11 is 0. The van der Waals surface area contributed by atoms with Crippen molar-refractivity contribution in [2.45, 2.75) is 32.4 Å². The van der Waals surface area contributed by atoms with Gasteiger partial charge in [0.15, 0.2) is 0 Å². The first-order chi connectivity index (χ1) is 19.1. The second-order valence-electron chi connectivity index (χ2n) is 10.4. The van der Waals surface area contributed by atoms with Gasteiger partial charge in [0.25, 0.3) is 5.91 Å². The molecule has 4 aromatic carbocycles. The van der Waals surface area contributed by atoms with Crippen molar-refractivity contribution >= 4 is 22.4 Å². The molecular formula is C33H33N5O. The fraction of sp³-hybridized carbons (Fsp3) is 0.212. The van der Waals surface area contributed by atoms with Crippen LogP contribution >= 0.6 is 0 Å². The lowest BCUT2D eigenvalue weighted by Crippen LogP contribution is -2.25. The van der Waals surface area contributed by atoms with Gasteiger partial charge >= 0.3 is 0 Å². The van der Waals surface area contributed by atoms with Crippen molar-refractivity contribution < 1.29 is 4.79 Å². The van der Waals surface area contributed by atoms with Crippen molar-refractivity contribution in [3.05, 3.63) is 125 Å². The molecule has 6 nitrogen and oxygen atoms in total. The molecule has 1 aromatic heterocycles. The molecule has 1 aliphatic rings. The molecule has 0 bridgehead atoms. The van der Waals surface area contributed by atoms with Crippen molar-refractivity contribution in [2.24, 2.45) is 11.7 Å². The SMILES string of the molecule is Cc1cc(C(=O)Nc2cccc(C(NCC3CC3)c3ccc4ccccc4c3)c2)n(-c2cccc(CN)c2)n1. The molecule has 6 heteroatoms. The largest absolute Gasteiger partial charge is 0.326 e. The summed E-state index contributed by atoms with van der Waals surface area (Å²) in [7, 11) is 0. The standard InChI is InChI=1S/C33H33N5O/c1-22-16-31(38(37-22)30-11-4-6-24(17-30)20-34)33(39)36-29-10-5-9-27(19-29)32(35-21-23-12-13-23)28-15-14-25-7-2-3-8-26(25)18-28/h2-11,14-19,23,32,35H,12-13,20-21,34H2,1H3,(H,36,39). The maximum atomic E-state index is 13.5. The Morgan fingerprint density at radius 1 is 0.923 bits per heavy atom. The van der Waals surface area contributed by atoms with Crippen molar-refractivity contribution in [1.29, 1.82) is 0 Å². The number of nitrogens with zero attached hydrogens (tertiary/aromatic N) is 2. The average molecular weight is 516 g/mol. The first kappa shape index (κ1) is 25.0. The summed E-state index contributed by atoms with van der Waals surface area (Å²) < 4.78 is 1.68. The van der Waals surface area contributed by atoms with E-state index in [2.05, 4.69) is 70.3 Å². The number of anilines is 1. The van der Waals surface area contributed by atoms with E-state index < -0.39 is 0 Å². The Balaban J connectivity index is 1.29. The van der Waals surface area contributed by atoms with E-state index in [-0.39, 0.29) is 11.9 Å². The fourth-order valence-corrected chi connectivity index (χ4v) is 5.09. The molecule has 1 amide bonds. The van der Waals surface area contributed by atoms with Gasteiger partial charge in [-0.15, -0.1) is 0 Å². The van der Waals surface area contributed by atoms with Gasteiger partial charge in [-0.1, -0.05) is 60.7 Å². The van der Waals surface area contributed by atoms with Crippen LogP contribution in [0, 0.1) is 12.8 Å². The van der Waals surface area contributed by atoms with Gasteiger partial charge in [-0.2, -0.15) is 5.10 Å². The molecule has 1 heterocycles. The molecule has 5 aromatic rings. The second kappa shape index (κ2) is 10.8. The number of hydrogen-bond acceptors (Lipinski definition) is 4. The third kappa shape index (κ3) is 5.62. The molecule has 1 atom stereocenters. The van der Waals surface area contributed by atoms with Gasteiger partial charge in [0, 0.05) is 12.2 Å². The highest BCUT2D eigenvalue weighted by molar-refractivity contribution is 6.03. The molecule has 196 valence electrons. The van der Waals surface area contributed by atoms with Gasteiger partial charge in [0.1, 0.15) is 5.69 Å². The van der Waals surface area contributed by atoms with Crippen LogP contribution in [0.4, 0.5) is 5.69 Å². The Labute approximate surface area is 228 Å². The topological polar surface area (TPSA) is 85.0 Å². The lowest BCUT2D eigenvalue weighted by atomic mass is 9.95. The number of rotatable bonds is 9. The monoisotopic (exact) mass is 515 g/mol. The minimum atomic E-state index is -0.209. The molecular weight excluding hydrogens is 482 g/mol. The number of benzene rings is 4. The summed E-state index contributed by atoms with van der Waals surface area (Å²) in [6.45, 7) is 3.30. The van der Waals surface area contributed by atoms with Gasteiger partial charge in [-0.05, 0) is 96.1 Å². The molecule has 6 rings (SSSR count). The van der Waals surface area contributed by atoms with Crippen LogP contribution in [0.5, 0.6) is 0 Å². The zero-order valence-electron chi connectivity index (χ0n) is 22.1. The first-order valence-corrected chi connectivity index (χ1v) is 13.6. The van der Waals surface area contributed by atoms with E-state index in [0.717, 1.165) is 40.7 Å². The average Bonchev–Trinajstić information content (AvgIpc) is 3.71. The molecule has 4 N–H and O–H groups in total. The van der Waals surface area contributed by atoms with Crippen molar-refractivity contribution in [2.75, 3.05) is 11.9 Å². The first-order valence-electron chi connectivity index (χ1n) is 13.6. The number of fused-ring (bicyclic) bond motifs is 1. The molecule has 0 spiro atoms. The van der Waals surface area contributed by atoms with Crippen LogP contribution in [-0.4, -0.2) is 22.2 Å². The predicted octanol–water partition coefficient (Wildman–Crippen LogP) is 6.13. The molecule has 1 unspecified atom stereocenters. The Morgan fingerprint density at radius 3 is 2.54 bits per heavy atom. The van der Waals surface area contributed by atoms with E-state index in [1.54, 1.807) is 4.68 Å². The van der Waals surface area contributed by atoms with Crippen molar-refractivity contribution in [1.82, 2.24) is 15.1 Å². The van der Waals surface area contributed by atoms with E-state index in [4.69, 9.17) is 5.73 Å². The molecule has 0 saturated heterocycles. The molecule has 0 aliphatic heterocycles. The summed E-state index contributed by atoms with van der Waals surface area (Å²) in [5.74, 6) is 0.538. The molecule has 39 heavy (non-hydrogen) atoms. The van der Waals surface area contributed by atoms with Gasteiger partial charge < -0.3 is 16.4 Å².